The van der Waals surface area contributed by atoms with Crippen LogP contribution in [-0.2, 0) is 22.9 Å². The van der Waals surface area contributed by atoms with Gasteiger partial charge in [-0.05, 0) is 60.4 Å². The van der Waals surface area contributed by atoms with Crippen molar-refractivity contribution in [2.75, 3.05) is 10.0 Å². The van der Waals surface area contributed by atoms with Crippen molar-refractivity contribution in [3.63, 3.8) is 0 Å². The third kappa shape index (κ3) is 5.82. The summed E-state index contributed by atoms with van der Waals surface area (Å²) in [5.74, 6) is -0.268. The number of carbonyl (C=O) groups is 1. The normalized spacial score (nSPS) is 11.2. The first-order valence-corrected chi connectivity index (χ1v) is 12.6. The number of carbonyl (C=O) groups excluding carboxylic acids is 1. The van der Waals surface area contributed by atoms with Gasteiger partial charge in [0.05, 0.1) is 4.90 Å². The van der Waals surface area contributed by atoms with Crippen LogP contribution in [0.3, 0.4) is 0 Å². The van der Waals surface area contributed by atoms with Crippen LogP contribution in [0.1, 0.15) is 33.4 Å². The minimum atomic E-state index is -3.79. The molecule has 0 atom stereocenters. The number of amides is 1. The number of anilines is 2. The molecule has 0 saturated heterocycles. The molecule has 4 aromatic rings. The Bertz CT molecular complexity index is 1330. The summed E-state index contributed by atoms with van der Waals surface area (Å²) in [5, 5.41) is 11.5. The van der Waals surface area contributed by atoms with Gasteiger partial charge in [-0.3, -0.25) is 9.52 Å². The fraction of sp³-hybridized carbons (Fsp3) is 0.125. The Balaban J connectivity index is 1.38. The van der Waals surface area contributed by atoms with Crippen molar-refractivity contribution in [2.45, 2.75) is 24.7 Å². The van der Waals surface area contributed by atoms with Gasteiger partial charge in [0.15, 0.2) is 0 Å². The predicted octanol–water partition coefficient (Wildman–Crippen LogP) is 4.74. The van der Waals surface area contributed by atoms with E-state index in [0.29, 0.717) is 17.7 Å². The minimum Gasteiger partial charge on any atom is -0.322 e. The number of aryl methyl sites for hydroxylation is 1. The molecule has 4 rings (SSSR count). The van der Waals surface area contributed by atoms with E-state index in [-0.39, 0.29) is 15.9 Å². The summed E-state index contributed by atoms with van der Waals surface area (Å²) in [4.78, 5) is 12.7. The summed E-state index contributed by atoms with van der Waals surface area (Å²) in [6.45, 7) is 1.92. The van der Waals surface area contributed by atoms with Gasteiger partial charge in [-0.2, -0.15) is 0 Å². The molecule has 1 heterocycles. The number of hydrogen-bond donors (Lipinski definition) is 2. The van der Waals surface area contributed by atoms with Crippen LogP contribution in [0.15, 0.2) is 83.8 Å². The molecule has 33 heavy (non-hydrogen) atoms. The molecule has 0 aliphatic heterocycles. The number of nitrogens with one attached hydrogen (secondary N) is 2. The van der Waals surface area contributed by atoms with Crippen LogP contribution < -0.4 is 10.0 Å². The van der Waals surface area contributed by atoms with E-state index in [9.17, 15) is 13.2 Å². The smallest absolute Gasteiger partial charge is 0.263 e. The lowest BCUT2D eigenvalue weighted by Crippen LogP contribution is -2.14. The maximum Gasteiger partial charge on any atom is 0.263 e. The van der Waals surface area contributed by atoms with Gasteiger partial charge in [-0.1, -0.05) is 60.7 Å². The molecule has 0 fully saturated rings. The van der Waals surface area contributed by atoms with Crippen LogP contribution in [-0.4, -0.2) is 24.5 Å². The lowest BCUT2D eigenvalue weighted by molar-refractivity contribution is 0.102. The zero-order valence-electron chi connectivity index (χ0n) is 17.9. The van der Waals surface area contributed by atoms with E-state index in [0.717, 1.165) is 17.0 Å². The van der Waals surface area contributed by atoms with Crippen LogP contribution >= 0.6 is 11.3 Å². The molecule has 0 radical (unpaired) electrons. The second-order valence-electron chi connectivity index (χ2n) is 7.30. The van der Waals surface area contributed by atoms with Crippen molar-refractivity contribution in [3.05, 3.63) is 101 Å². The highest BCUT2D eigenvalue weighted by Crippen LogP contribution is 2.21. The van der Waals surface area contributed by atoms with E-state index in [1.54, 1.807) is 24.3 Å². The maximum absolute atomic E-state index is 12.6. The Morgan fingerprint density at radius 3 is 2.18 bits per heavy atom. The zero-order valence-corrected chi connectivity index (χ0v) is 19.5. The van der Waals surface area contributed by atoms with Crippen molar-refractivity contribution in [1.82, 2.24) is 10.2 Å². The third-order valence-electron chi connectivity index (χ3n) is 4.88. The van der Waals surface area contributed by atoms with Gasteiger partial charge in [0, 0.05) is 11.3 Å². The predicted molar refractivity (Wildman–Crippen MR) is 130 cm³/mol. The first-order chi connectivity index (χ1) is 15.9. The summed E-state index contributed by atoms with van der Waals surface area (Å²) >= 11 is 1.20. The molecule has 1 amide bonds. The number of sulfonamides is 1. The largest absolute Gasteiger partial charge is 0.322 e. The molecule has 1 aromatic heterocycles. The monoisotopic (exact) mass is 478 g/mol. The van der Waals surface area contributed by atoms with E-state index < -0.39 is 10.0 Å². The average Bonchev–Trinajstić information content (AvgIpc) is 3.27. The second-order valence-corrected chi connectivity index (χ2v) is 10.0. The molecule has 168 valence electrons. The molecule has 9 heteroatoms. The first kappa shape index (κ1) is 22.6. The number of aromatic nitrogens is 2. The summed E-state index contributed by atoms with van der Waals surface area (Å²) in [5.41, 5.74) is 3.34. The van der Waals surface area contributed by atoms with Gasteiger partial charge >= 0.3 is 0 Å². The molecule has 0 bridgehead atoms. The molecular weight excluding hydrogens is 456 g/mol. The molecule has 0 spiro atoms. The van der Waals surface area contributed by atoms with Crippen molar-refractivity contribution >= 4 is 38.1 Å². The quantitative estimate of drug-likeness (QED) is 0.381. The van der Waals surface area contributed by atoms with Crippen molar-refractivity contribution in [3.8, 4) is 0 Å². The maximum atomic E-state index is 12.6. The van der Waals surface area contributed by atoms with Crippen LogP contribution in [0.25, 0.3) is 0 Å². The minimum absolute atomic E-state index is 0.0685. The van der Waals surface area contributed by atoms with Crippen LogP contribution in [0.5, 0.6) is 0 Å². The van der Waals surface area contributed by atoms with E-state index >= 15 is 0 Å². The SMILES string of the molecule is CCc1nnc(NS(=O)(=O)c2ccc(NC(=O)c3ccc(Cc4ccccc4)cc3)cc2)s1. The molecule has 7 nitrogen and oxygen atoms in total. The standard InChI is InChI=1S/C24H22N4O3S2/c1-2-22-26-27-24(32-22)28-33(30,31)21-14-12-20(13-15-21)25-23(29)19-10-8-18(9-11-19)16-17-6-4-3-5-7-17/h3-15H,2,16H2,1H3,(H,25,29)(H,27,28). The van der Waals surface area contributed by atoms with E-state index in [1.165, 1.54) is 29.0 Å². The summed E-state index contributed by atoms with van der Waals surface area (Å²) < 4.78 is 27.5. The van der Waals surface area contributed by atoms with Crippen molar-refractivity contribution < 1.29 is 13.2 Å². The highest BCUT2D eigenvalue weighted by molar-refractivity contribution is 7.93. The van der Waals surface area contributed by atoms with Gasteiger partial charge in [0.2, 0.25) is 5.13 Å². The number of benzene rings is 3. The average molecular weight is 479 g/mol. The summed E-state index contributed by atoms with van der Waals surface area (Å²) in [7, 11) is -3.79. The van der Waals surface area contributed by atoms with Gasteiger partial charge < -0.3 is 5.32 Å². The van der Waals surface area contributed by atoms with Gasteiger partial charge in [-0.25, -0.2) is 8.42 Å². The molecule has 0 unspecified atom stereocenters. The van der Waals surface area contributed by atoms with Crippen molar-refractivity contribution in [1.29, 1.82) is 0 Å². The molecule has 2 N–H and O–H groups in total. The number of rotatable bonds is 8. The molecule has 0 aliphatic rings. The topological polar surface area (TPSA) is 101 Å². The Morgan fingerprint density at radius 2 is 1.55 bits per heavy atom. The van der Waals surface area contributed by atoms with Crippen LogP contribution in [0.4, 0.5) is 10.8 Å². The lowest BCUT2D eigenvalue weighted by Gasteiger charge is -2.08. The van der Waals surface area contributed by atoms with Crippen LogP contribution in [0.2, 0.25) is 0 Å². The first-order valence-electron chi connectivity index (χ1n) is 10.3. The zero-order chi connectivity index (χ0) is 23.3. The molecule has 3 aromatic carbocycles. The Hall–Kier alpha value is -3.56. The van der Waals surface area contributed by atoms with Gasteiger partial charge in [0.1, 0.15) is 5.01 Å². The highest BCUT2D eigenvalue weighted by Gasteiger charge is 2.17. The number of nitrogens with zero attached hydrogens (tertiary/aromatic N) is 2. The van der Waals surface area contributed by atoms with E-state index in [2.05, 4.69) is 32.4 Å². The molecular formula is C24H22N4O3S2. The Kier molecular flexibility index (Phi) is 6.81. The molecule has 0 aliphatic carbocycles. The fourth-order valence-corrected chi connectivity index (χ4v) is 5.05. The molecule has 0 saturated carbocycles. The lowest BCUT2D eigenvalue weighted by atomic mass is 10.0. The van der Waals surface area contributed by atoms with E-state index in [4.69, 9.17) is 0 Å². The van der Waals surface area contributed by atoms with Gasteiger partial charge in [0.25, 0.3) is 15.9 Å². The Labute approximate surface area is 196 Å². The fourth-order valence-electron chi connectivity index (χ4n) is 3.14. The number of hydrogen-bond acceptors (Lipinski definition) is 6. The second kappa shape index (κ2) is 9.93. The van der Waals surface area contributed by atoms with Crippen molar-refractivity contribution in [2.24, 2.45) is 0 Å². The Morgan fingerprint density at radius 1 is 0.879 bits per heavy atom. The van der Waals surface area contributed by atoms with E-state index in [1.807, 2.05) is 37.3 Å². The van der Waals surface area contributed by atoms with Crippen LogP contribution in [0, 0.1) is 0 Å². The highest BCUT2D eigenvalue weighted by atomic mass is 32.2. The van der Waals surface area contributed by atoms with Gasteiger partial charge in [-0.15, -0.1) is 10.2 Å². The summed E-state index contributed by atoms with van der Waals surface area (Å²) in [6.07, 6.45) is 1.48. The summed E-state index contributed by atoms with van der Waals surface area (Å²) in [6, 6.07) is 23.5. The third-order valence-corrected chi connectivity index (χ3v) is 7.35.